The summed E-state index contributed by atoms with van der Waals surface area (Å²) in [4.78, 5) is 4.23. The van der Waals surface area contributed by atoms with E-state index >= 15 is 0 Å². The molecule has 2 aromatic rings. The van der Waals surface area contributed by atoms with Crippen molar-refractivity contribution in [3.05, 3.63) is 24.2 Å². The smallest absolute Gasteiger partial charge is 0.179 e. The summed E-state index contributed by atoms with van der Waals surface area (Å²) in [7, 11) is 0. The van der Waals surface area contributed by atoms with Crippen molar-refractivity contribution in [2.24, 2.45) is 0 Å². The molecule has 2 aromatic heterocycles. The van der Waals surface area contributed by atoms with Gasteiger partial charge in [-0.3, -0.25) is 0 Å². The molecular weight excluding hydrogens is 164 g/mol. The van der Waals surface area contributed by atoms with Gasteiger partial charge in [0.05, 0.1) is 11.9 Å². The normalized spacial score (nSPS) is 9.62. The molecule has 0 aliphatic rings. The third-order valence-corrected chi connectivity index (χ3v) is 1.65. The van der Waals surface area contributed by atoms with E-state index in [0.29, 0.717) is 17.0 Å². The number of nitrogens with zero attached hydrogens (tertiary/aromatic N) is 3. The van der Waals surface area contributed by atoms with Crippen molar-refractivity contribution in [3.63, 3.8) is 0 Å². The van der Waals surface area contributed by atoms with Crippen LogP contribution in [0.3, 0.4) is 0 Å². The molecule has 0 bridgehead atoms. The molecule has 0 aliphatic carbocycles. The Balaban J connectivity index is 2.70. The summed E-state index contributed by atoms with van der Waals surface area (Å²) in [6.45, 7) is 1.77. The Kier molecular flexibility index (Phi) is 1.64. The van der Waals surface area contributed by atoms with Gasteiger partial charge >= 0.3 is 0 Å². The van der Waals surface area contributed by atoms with Crippen molar-refractivity contribution in [1.29, 1.82) is 0 Å². The van der Waals surface area contributed by atoms with Gasteiger partial charge in [0.1, 0.15) is 5.69 Å². The minimum atomic E-state index is 0.569. The number of hydrogen-bond donors (Lipinski definition) is 1. The molecule has 0 atom stereocenters. The first-order valence-electron chi connectivity index (χ1n) is 3.84. The van der Waals surface area contributed by atoms with Crippen LogP contribution in [-0.4, -0.2) is 14.6 Å². The first-order valence-corrected chi connectivity index (χ1v) is 3.84. The molecule has 0 spiro atoms. The molecule has 4 heteroatoms. The van der Waals surface area contributed by atoms with E-state index in [-0.39, 0.29) is 0 Å². The molecule has 0 saturated carbocycles. The van der Waals surface area contributed by atoms with Gasteiger partial charge in [-0.2, -0.15) is 5.10 Å². The number of fused-ring (bicyclic) bond motifs is 1. The number of nitrogen functional groups attached to an aromatic ring is 1. The largest absolute Gasteiger partial charge is 0.394 e. The summed E-state index contributed by atoms with van der Waals surface area (Å²) in [5, 5.41) is 4.00. The maximum Gasteiger partial charge on any atom is 0.179 e. The predicted molar refractivity (Wildman–Crippen MR) is 50.0 cm³/mol. The van der Waals surface area contributed by atoms with Gasteiger partial charge in [0.25, 0.3) is 0 Å². The second-order valence-corrected chi connectivity index (χ2v) is 2.56. The van der Waals surface area contributed by atoms with Gasteiger partial charge in [-0.1, -0.05) is 5.92 Å². The van der Waals surface area contributed by atoms with E-state index in [9.17, 15) is 0 Å². The zero-order chi connectivity index (χ0) is 9.26. The Hall–Kier alpha value is -2.02. The second-order valence-electron chi connectivity index (χ2n) is 2.56. The molecule has 64 valence electrons. The maximum absolute atomic E-state index is 5.65. The number of nitrogens with two attached hydrogens (primary N) is 1. The fourth-order valence-corrected chi connectivity index (χ4v) is 1.08. The van der Waals surface area contributed by atoms with Crippen molar-refractivity contribution in [2.45, 2.75) is 6.92 Å². The van der Waals surface area contributed by atoms with Crippen molar-refractivity contribution in [1.82, 2.24) is 14.6 Å². The van der Waals surface area contributed by atoms with E-state index < -0.39 is 0 Å². The fourth-order valence-electron chi connectivity index (χ4n) is 1.08. The van der Waals surface area contributed by atoms with Crippen LogP contribution in [0.25, 0.3) is 5.65 Å². The van der Waals surface area contributed by atoms with Gasteiger partial charge in [0.2, 0.25) is 0 Å². The summed E-state index contributed by atoms with van der Waals surface area (Å²) in [6, 6.07) is 1.80. The summed E-state index contributed by atoms with van der Waals surface area (Å²) in [5.41, 5.74) is 7.58. The van der Waals surface area contributed by atoms with E-state index in [0.717, 1.165) is 0 Å². The monoisotopic (exact) mass is 172 g/mol. The van der Waals surface area contributed by atoms with Gasteiger partial charge in [-0.25, -0.2) is 9.50 Å². The summed E-state index contributed by atoms with van der Waals surface area (Å²) >= 11 is 0. The quantitative estimate of drug-likeness (QED) is 0.594. The molecule has 4 nitrogen and oxygen atoms in total. The molecule has 0 aliphatic heterocycles. The van der Waals surface area contributed by atoms with Crippen LogP contribution in [0, 0.1) is 11.8 Å². The minimum absolute atomic E-state index is 0.569. The summed E-state index contributed by atoms with van der Waals surface area (Å²) < 4.78 is 1.62. The predicted octanol–water partition coefficient (Wildman–Crippen LogP) is 0.683. The Bertz CT molecular complexity index is 501. The van der Waals surface area contributed by atoms with Crippen LogP contribution < -0.4 is 5.73 Å². The zero-order valence-electron chi connectivity index (χ0n) is 7.15. The van der Waals surface area contributed by atoms with Gasteiger partial charge in [-0.15, -0.1) is 0 Å². The molecule has 0 saturated heterocycles. The van der Waals surface area contributed by atoms with E-state index in [4.69, 9.17) is 5.73 Å². The number of aromatic nitrogens is 3. The summed E-state index contributed by atoms with van der Waals surface area (Å²) in [6.07, 6.45) is 3.36. The lowest BCUT2D eigenvalue weighted by atomic mass is 10.4. The van der Waals surface area contributed by atoms with E-state index in [2.05, 4.69) is 21.9 Å². The third-order valence-electron chi connectivity index (χ3n) is 1.65. The molecule has 2 N–H and O–H groups in total. The van der Waals surface area contributed by atoms with Crippen LogP contribution in [-0.2, 0) is 0 Å². The molecule has 0 unspecified atom stereocenters. The van der Waals surface area contributed by atoms with Crippen molar-refractivity contribution < 1.29 is 0 Å². The first kappa shape index (κ1) is 7.62. The topological polar surface area (TPSA) is 56.2 Å². The van der Waals surface area contributed by atoms with Crippen LogP contribution >= 0.6 is 0 Å². The van der Waals surface area contributed by atoms with Crippen LogP contribution in [0.5, 0.6) is 0 Å². The van der Waals surface area contributed by atoms with E-state index in [1.807, 2.05) is 0 Å². The number of anilines is 1. The van der Waals surface area contributed by atoms with Crippen LogP contribution in [0.15, 0.2) is 18.5 Å². The molecule has 0 amide bonds. The Morgan fingerprint density at radius 2 is 2.38 bits per heavy atom. The highest BCUT2D eigenvalue weighted by molar-refractivity contribution is 5.63. The highest BCUT2D eigenvalue weighted by atomic mass is 15.2. The van der Waals surface area contributed by atoms with Gasteiger partial charge < -0.3 is 5.73 Å². The fraction of sp³-hybridized carbons (Fsp3) is 0.111. The van der Waals surface area contributed by atoms with Crippen molar-refractivity contribution in [2.75, 3.05) is 5.73 Å². The average Bonchev–Trinajstić information content (AvgIpc) is 2.49. The molecular formula is C9H8N4. The number of rotatable bonds is 0. The zero-order valence-corrected chi connectivity index (χ0v) is 7.15. The van der Waals surface area contributed by atoms with Crippen LogP contribution in [0.4, 0.5) is 5.69 Å². The number of hydrogen-bond acceptors (Lipinski definition) is 3. The standard InChI is InChI=1S/C9H8N4/c1-2-3-7-4-5-13-9(12-7)8(10)6-11-13/h4-6H,10H2,1H3. The van der Waals surface area contributed by atoms with E-state index in [1.165, 1.54) is 0 Å². The van der Waals surface area contributed by atoms with Gasteiger partial charge in [-0.05, 0) is 18.9 Å². The lowest BCUT2D eigenvalue weighted by Crippen LogP contribution is -1.93. The highest BCUT2D eigenvalue weighted by Crippen LogP contribution is 2.09. The average molecular weight is 172 g/mol. The second kappa shape index (κ2) is 2.79. The lowest BCUT2D eigenvalue weighted by molar-refractivity contribution is 0.936. The molecule has 2 heterocycles. The first-order chi connectivity index (χ1) is 6.31. The van der Waals surface area contributed by atoms with Gasteiger partial charge in [0.15, 0.2) is 5.65 Å². The highest BCUT2D eigenvalue weighted by Gasteiger charge is 2.00. The van der Waals surface area contributed by atoms with Crippen molar-refractivity contribution in [3.8, 4) is 11.8 Å². The van der Waals surface area contributed by atoms with Crippen LogP contribution in [0.2, 0.25) is 0 Å². The molecule has 13 heavy (non-hydrogen) atoms. The molecule has 0 aromatic carbocycles. The Morgan fingerprint density at radius 3 is 3.15 bits per heavy atom. The van der Waals surface area contributed by atoms with E-state index in [1.54, 1.807) is 29.9 Å². The third kappa shape index (κ3) is 1.20. The lowest BCUT2D eigenvalue weighted by Gasteiger charge is -1.93. The van der Waals surface area contributed by atoms with Gasteiger partial charge in [0, 0.05) is 6.20 Å². The minimum Gasteiger partial charge on any atom is -0.394 e. The molecule has 0 radical (unpaired) electrons. The maximum atomic E-state index is 5.65. The molecule has 0 fully saturated rings. The van der Waals surface area contributed by atoms with Crippen molar-refractivity contribution >= 4 is 11.3 Å². The summed E-state index contributed by atoms with van der Waals surface area (Å²) in [5.74, 6) is 5.64. The SMILES string of the molecule is CC#Cc1ccn2ncc(N)c2n1. The molecule has 2 rings (SSSR count). The Labute approximate surface area is 75.4 Å². The Morgan fingerprint density at radius 1 is 1.54 bits per heavy atom. The van der Waals surface area contributed by atoms with Crippen LogP contribution in [0.1, 0.15) is 12.6 Å².